The molecule has 3 aromatic rings. The van der Waals surface area contributed by atoms with E-state index in [1.165, 1.54) is 19.1 Å². The minimum atomic E-state index is -3.37. The summed E-state index contributed by atoms with van der Waals surface area (Å²) in [6.45, 7) is 3.99. The maximum Gasteiger partial charge on any atom is 0.301 e. The fraction of sp³-hybridized carbons (Fsp3) is 0.433. The number of carbonyl (C=O) groups is 1. The molecule has 2 aliphatic rings. The van der Waals surface area contributed by atoms with Gasteiger partial charge in [-0.2, -0.15) is 10.2 Å². The van der Waals surface area contributed by atoms with Crippen LogP contribution in [0, 0.1) is 11.3 Å². The number of piperidine rings is 1. The Hall–Kier alpha value is -4.61. The first-order chi connectivity index (χ1) is 21.1. The predicted molar refractivity (Wildman–Crippen MR) is 158 cm³/mol. The largest absolute Gasteiger partial charge is 0.483 e. The van der Waals surface area contributed by atoms with Crippen molar-refractivity contribution in [3.63, 3.8) is 0 Å². The first-order valence-electron chi connectivity index (χ1n) is 14.2. The van der Waals surface area contributed by atoms with E-state index in [1.807, 2.05) is 18.2 Å². The second kappa shape index (κ2) is 12.9. The molecular weight excluding hydrogens is 574 g/mol. The molecule has 2 saturated heterocycles. The fourth-order valence-corrected chi connectivity index (χ4v) is 5.18. The zero-order chi connectivity index (χ0) is 31.4. The van der Waals surface area contributed by atoms with Crippen LogP contribution in [0.15, 0.2) is 42.6 Å². The summed E-state index contributed by atoms with van der Waals surface area (Å²) in [5.41, 5.74) is 2.00. The van der Waals surface area contributed by atoms with Crippen molar-refractivity contribution >= 4 is 23.4 Å². The maximum absolute atomic E-state index is 14.9. The molecule has 232 valence electrons. The molecule has 12 nitrogen and oxygen atoms in total. The molecule has 14 heteroatoms. The van der Waals surface area contributed by atoms with Crippen LogP contribution in [0.1, 0.15) is 18.9 Å². The lowest BCUT2D eigenvalue weighted by Gasteiger charge is -2.38. The molecule has 1 aromatic carbocycles. The summed E-state index contributed by atoms with van der Waals surface area (Å²) in [5, 5.41) is 22.4. The monoisotopic (exact) mass is 608 g/mol. The summed E-state index contributed by atoms with van der Waals surface area (Å²) in [6, 6.07) is 12.0. The number of carbonyl (C=O) groups excluding carboxylic acids is 1. The lowest BCUT2D eigenvalue weighted by molar-refractivity contribution is -0.165. The number of hydrogen-bond acceptors (Lipinski definition) is 11. The van der Waals surface area contributed by atoms with Crippen LogP contribution in [0.2, 0.25) is 0 Å². The van der Waals surface area contributed by atoms with E-state index in [4.69, 9.17) is 9.47 Å². The Morgan fingerprint density at radius 2 is 1.93 bits per heavy atom. The maximum atomic E-state index is 14.9. The third kappa shape index (κ3) is 6.79. The van der Waals surface area contributed by atoms with E-state index in [-0.39, 0.29) is 30.2 Å². The number of amides is 1. The van der Waals surface area contributed by atoms with Crippen molar-refractivity contribution in [2.45, 2.75) is 31.5 Å². The van der Waals surface area contributed by atoms with E-state index in [9.17, 15) is 23.9 Å². The summed E-state index contributed by atoms with van der Waals surface area (Å²) >= 11 is 0. The normalized spacial score (nSPS) is 19.2. The molecule has 0 radical (unpaired) electrons. The number of ether oxygens (including phenoxy) is 2. The minimum Gasteiger partial charge on any atom is -0.483 e. The Morgan fingerprint density at radius 1 is 1.16 bits per heavy atom. The number of anilines is 3. The molecule has 0 spiro atoms. The number of nitrogens with zero attached hydrogens (tertiary/aromatic N) is 7. The molecule has 2 aliphatic heterocycles. The van der Waals surface area contributed by atoms with Crippen LogP contribution >= 0.6 is 0 Å². The van der Waals surface area contributed by atoms with Crippen molar-refractivity contribution in [2.75, 3.05) is 63.6 Å². The molecule has 44 heavy (non-hydrogen) atoms. The number of likely N-dealkylation sites (N-methyl/N-ethyl adjacent to an activating group) is 1. The SMILES string of the molecule is COc1nc(Nc2nccc(-c3ccc(OC4CCN(C(=O)[C@H](C)O)CC4(F)F)c(C#N)c3)n2)ccc1N1CCN(C)CC1. The summed E-state index contributed by atoms with van der Waals surface area (Å²) in [4.78, 5) is 30.8. The highest BCUT2D eigenvalue weighted by molar-refractivity contribution is 5.80. The molecule has 1 amide bonds. The number of aliphatic hydroxyl groups excluding tert-OH is 1. The average Bonchev–Trinajstić information content (AvgIpc) is 3.02. The number of piperazine rings is 1. The van der Waals surface area contributed by atoms with Gasteiger partial charge in [-0.3, -0.25) is 4.79 Å². The number of likely N-dealkylation sites (tertiary alicyclic amines) is 1. The van der Waals surface area contributed by atoms with Crippen LogP contribution in [0.25, 0.3) is 11.3 Å². The summed E-state index contributed by atoms with van der Waals surface area (Å²) in [5.74, 6) is -2.90. The quantitative estimate of drug-likeness (QED) is 0.390. The van der Waals surface area contributed by atoms with Crippen molar-refractivity contribution in [3.05, 3.63) is 48.2 Å². The number of nitrogens with one attached hydrogen (secondary N) is 1. The van der Waals surface area contributed by atoms with E-state index >= 15 is 0 Å². The van der Waals surface area contributed by atoms with E-state index in [2.05, 4.69) is 37.1 Å². The summed E-state index contributed by atoms with van der Waals surface area (Å²) in [7, 11) is 3.67. The fourth-order valence-electron chi connectivity index (χ4n) is 5.18. The number of aromatic nitrogens is 3. The number of rotatable bonds is 8. The van der Waals surface area contributed by atoms with Gasteiger partial charge in [0.05, 0.1) is 24.9 Å². The van der Waals surface area contributed by atoms with Gasteiger partial charge >= 0.3 is 5.92 Å². The van der Waals surface area contributed by atoms with E-state index in [0.29, 0.717) is 23.0 Å². The molecular formula is C30H34F2N8O4. The van der Waals surface area contributed by atoms with Crippen LogP contribution in [0.5, 0.6) is 11.6 Å². The van der Waals surface area contributed by atoms with Crippen molar-refractivity contribution in [1.29, 1.82) is 5.26 Å². The third-order valence-electron chi connectivity index (χ3n) is 7.64. The molecule has 2 aromatic heterocycles. The molecule has 0 saturated carbocycles. The van der Waals surface area contributed by atoms with Gasteiger partial charge in [-0.25, -0.2) is 18.7 Å². The van der Waals surface area contributed by atoms with Crippen LogP contribution < -0.4 is 19.7 Å². The van der Waals surface area contributed by atoms with Gasteiger partial charge in [0.25, 0.3) is 5.91 Å². The van der Waals surface area contributed by atoms with Gasteiger partial charge in [-0.15, -0.1) is 0 Å². The number of methoxy groups -OCH3 is 1. The Balaban J connectivity index is 1.29. The number of nitriles is 1. The average molecular weight is 609 g/mol. The molecule has 2 atom stereocenters. The number of hydrogen-bond donors (Lipinski definition) is 2. The predicted octanol–water partition coefficient (Wildman–Crippen LogP) is 2.91. The lowest BCUT2D eigenvalue weighted by Crippen LogP contribution is -2.56. The van der Waals surface area contributed by atoms with Crippen molar-refractivity contribution in [2.24, 2.45) is 0 Å². The second-order valence-corrected chi connectivity index (χ2v) is 10.8. The van der Waals surface area contributed by atoms with Crippen molar-refractivity contribution in [3.8, 4) is 29.0 Å². The van der Waals surface area contributed by atoms with Crippen LogP contribution in [0.3, 0.4) is 0 Å². The number of halogens is 2. The highest BCUT2D eigenvalue weighted by atomic mass is 19.3. The molecule has 4 heterocycles. The number of alkyl halides is 2. The first-order valence-corrected chi connectivity index (χ1v) is 14.2. The van der Waals surface area contributed by atoms with Gasteiger partial charge < -0.3 is 34.6 Å². The van der Waals surface area contributed by atoms with Gasteiger partial charge in [-0.05, 0) is 50.4 Å². The Morgan fingerprint density at radius 3 is 2.61 bits per heavy atom. The Bertz CT molecular complexity index is 1540. The minimum absolute atomic E-state index is 0.0000157. The second-order valence-electron chi connectivity index (χ2n) is 10.8. The van der Waals surface area contributed by atoms with Crippen molar-refractivity contribution < 1.29 is 28.2 Å². The van der Waals surface area contributed by atoms with Gasteiger partial charge in [-0.1, -0.05) is 0 Å². The molecule has 0 bridgehead atoms. The Kier molecular flexibility index (Phi) is 9.07. The van der Waals surface area contributed by atoms with E-state index < -0.39 is 30.6 Å². The smallest absolute Gasteiger partial charge is 0.301 e. The van der Waals surface area contributed by atoms with E-state index in [1.54, 1.807) is 25.4 Å². The topological polar surface area (TPSA) is 140 Å². The number of pyridine rings is 1. The van der Waals surface area contributed by atoms with Gasteiger partial charge in [0.2, 0.25) is 11.8 Å². The standard InChI is InChI=1S/C30H34F2N8O4/c1-19(41)28(42)40-11-9-25(30(31,32)18-40)44-24-6-4-20(16-21(24)17-33)22-8-10-34-29(35-22)37-26-7-5-23(27(36-26)43-3)39-14-12-38(2)13-15-39/h4-8,10,16,19,25,41H,9,11-15,18H2,1-3H3,(H,34,35,36,37)/t19-,25?/m0/s1. The highest BCUT2D eigenvalue weighted by Crippen LogP contribution is 2.34. The van der Waals surface area contributed by atoms with E-state index in [0.717, 1.165) is 36.8 Å². The molecule has 5 rings (SSSR count). The lowest BCUT2D eigenvalue weighted by atomic mass is 10.0. The first kappa shape index (κ1) is 30.8. The number of benzene rings is 1. The number of aliphatic hydroxyl groups is 1. The Labute approximate surface area is 253 Å². The summed E-state index contributed by atoms with van der Waals surface area (Å²) in [6.07, 6.45) is -1.51. The summed E-state index contributed by atoms with van der Waals surface area (Å²) < 4.78 is 40.9. The van der Waals surface area contributed by atoms with Gasteiger partial charge in [0.1, 0.15) is 29.4 Å². The molecule has 2 fully saturated rings. The molecule has 2 N–H and O–H groups in total. The van der Waals surface area contributed by atoms with Crippen LogP contribution in [-0.4, -0.2) is 107 Å². The highest BCUT2D eigenvalue weighted by Gasteiger charge is 2.48. The third-order valence-corrected chi connectivity index (χ3v) is 7.64. The van der Waals surface area contributed by atoms with Crippen LogP contribution in [0.4, 0.5) is 26.2 Å². The zero-order valence-electron chi connectivity index (χ0n) is 24.7. The molecule has 1 unspecified atom stereocenters. The molecule has 0 aliphatic carbocycles. The van der Waals surface area contributed by atoms with Gasteiger partial charge in [0, 0.05) is 50.9 Å². The van der Waals surface area contributed by atoms with Gasteiger partial charge in [0.15, 0.2) is 6.10 Å². The van der Waals surface area contributed by atoms with Crippen molar-refractivity contribution in [1.82, 2.24) is 24.8 Å². The van der Waals surface area contributed by atoms with Crippen LogP contribution in [-0.2, 0) is 4.79 Å². The zero-order valence-corrected chi connectivity index (χ0v) is 24.7.